The van der Waals surface area contributed by atoms with Gasteiger partial charge in [0.1, 0.15) is 22.3 Å². The number of aromatic nitrogens is 5. The van der Waals surface area contributed by atoms with Crippen LogP contribution in [0.2, 0.25) is 0 Å². The van der Waals surface area contributed by atoms with E-state index >= 15 is 0 Å². The van der Waals surface area contributed by atoms with E-state index in [4.69, 9.17) is 33.8 Å². The smallest absolute Gasteiger partial charge is 0.238 e. The number of nitrogens with zero attached hydrogens (tertiary/aromatic N) is 7. The van der Waals surface area contributed by atoms with E-state index in [1.807, 2.05) is 91.0 Å². The van der Waals surface area contributed by atoms with Crippen molar-refractivity contribution in [2.75, 3.05) is 9.80 Å². The molecule has 2 aliphatic heterocycles. The minimum absolute atomic E-state index is 0.542. The second-order valence-electron chi connectivity index (χ2n) is 19.3. The molecule has 0 spiro atoms. The number of anilines is 4. The first kappa shape index (κ1) is 42.0. The summed E-state index contributed by atoms with van der Waals surface area (Å²) in [5, 5.41) is 8.73. The molecule has 4 aromatic heterocycles. The summed E-state index contributed by atoms with van der Waals surface area (Å²) in [4.78, 5) is 29.8. The third-order valence-corrected chi connectivity index (χ3v) is 14.9. The van der Waals surface area contributed by atoms with Crippen molar-refractivity contribution in [1.82, 2.24) is 24.9 Å². The molecule has 9 heteroatoms. The van der Waals surface area contributed by atoms with Crippen LogP contribution in [0.5, 0.6) is 0 Å². The maximum absolute atomic E-state index is 6.76. The molecule has 0 atom stereocenters. The Morgan fingerprint density at radius 1 is 0.303 bits per heavy atom. The Morgan fingerprint density at radius 2 is 0.776 bits per heavy atom. The van der Waals surface area contributed by atoms with Gasteiger partial charge in [0.05, 0.1) is 22.8 Å². The van der Waals surface area contributed by atoms with E-state index in [1.165, 1.54) is 0 Å². The average molecular weight is 974 g/mol. The van der Waals surface area contributed by atoms with Crippen LogP contribution in [0.15, 0.2) is 234 Å². The largest absolute Gasteiger partial charge is 0.456 e. The first-order valence-corrected chi connectivity index (χ1v) is 25.3. The van der Waals surface area contributed by atoms with E-state index in [0.29, 0.717) is 23.5 Å². The molecular formula is C67H39N7O2. The topological polar surface area (TPSA) is 97.2 Å². The van der Waals surface area contributed by atoms with Crippen LogP contribution in [0.3, 0.4) is 0 Å². The van der Waals surface area contributed by atoms with Crippen LogP contribution in [0, 0.1) is 0 Å². The van der Waals surface area contributed by atoms with Crippen LogP contribution in [-0.4, -0.2) is 24.9 Å². The monoisotopic (exact) mass is 973 g/mol. The Hall–Kier alpha value is -10.5. The Labute approximate surface area is 434 Å². The van der Waals surface area contributed by atoms with Crippen LogP contribution in [0.1, 0.15) is 11.1 Å². The molecule has 0 aliphatic carbocycles. The number of furan rings is 2. The Morgan fingerprint density at radius 3 is 1.37 bits per heavy atom. The van der Waals surface area contributed by atoms with Crippen LogP contribution in [0.4, 0.5) is 23.3 Å². The number of hydrogen-bond acceptors (Lipinski definition) is 9. The maximum Gasteiger partial charge on any atom is 0.238 e. The Balaban J connectivity index is 0.758. The fourth-order valence-electron chi connectivity index (χ4n) is 11.3. The molecule has 354 valence electrons. The summed E-state index contributed by atoms with van der Waals surface area (Å²) in [6.07, 6.45) is 8.49. The third kappa shape index (κ3) is 6.62. The van der Waals surface area contributed by atoms with Gasteiger partial charge in [-0.05, 0) is 93.7 Å². The van der Waals surface area contributed by atoms with Gasteiger partial charge in [-0.15, -0.1) is 0 Å². The average Bonchev–Trinajstić information content (AvgIpc) is 4.14. The number of benzene rings is 10. The molecule has 9 nitrogen and oxygen atoms in total. The molecule has 0 bridgehead atoms. The lowest BCUT2D eigenvalue weighted by atomic mass is 9.94. The summed E-state index contributed by atoms with van der Waals surface area (Å²) >= 11 is 0. The lowest BCUT2D eigenvalue weighted by molar-refractivity contribution is 0.669. The van der Waals surface area contributed by atoms with E-state index in [0.717, 1.165) is 133 Å². The summed E-state index contributed by atoms with van der Waals surface area (Å²) in [7, 11) is 0. The third-order valence-electron chi connectivity index (χ3n) is 14.9. The summed E-state index contributed by atoms with van der Waals surface area (Å²) < 4.78 is 13.1. The minimum Gasteiger partial charge on any atom is -0.456 e. The van der Waals surface area contributed by atoms with Crippen molar-refractivity contribution in [2.24, 2.45) is 0 Å². The first-order valence-electron chi connectivity index (χ1n) is 25.3. The van der Waals surface area contributed by atoms with Crippen molar-refractivity contribution in [1.29, 1.82) is 0 Å². The minimum atomic E-state index is 0.542. The highest BCUT2D eigenvalue weighted by atomic mass is 16.3. The zero-order valence-corrected chi connectivity index (χ0v) is 40.5. The molecule has 76 heavy (non-hydrogen) atoms. The van der Waals surface area contributed by atoms with Gasteiger partial charge >= 0.3 is 0 Å². The summed E-state index contributed by atoms with van der Waals surface area (Å²) in [6.45, 7) is 0. The van der Waals surface area contributed by atoms with Gasteiger partial charge in [-0.2, -0.15) is 9.97 Å². The predicted molar refractivity (Wildman–Crippen MR) is 307 cm³/mol. The fraction of sp³-hybridized carbons (Fsp3) is 0. The van der Waals surface area contributed by atoms with Gasteiger partial charge in [0.15, 0.2) is 11.6 Å². The fourth-order valence-corrected chi connectivity index (χ4v) is 11.3. The summed E-state index contributed by atoms with van der Waals surface area (Å²) in [6, 6.07) is 73.0. The highest BCUT2D eigenvalue weighted by molar-refractivity contribution is 6.21. The zero-order chi connectivity index (χ0) is 49.8. The second-order valence-corrected chi connectivity index (χ2v) is 19.3. The van der Waals surface area contributed by atoms with Crippen molar-refractivity contribution in [2.45, 2.75) is 0 Å². The van der Waals surface area contributed by atoms with Crippen molar-refractivity contribution >= 4 is 101 Å². The van der Waals surface area contributed by atoms with Gasteiger partial charge in [-0.1, -0.05) is 164 Å². The zero-order valence-electron chi connectivity index (χ0n) is 40.5. The van der Waals surface area contributed by atoms with E-state index in [1.54, 1.807) is 0 Å². The standard InChI is InChI=1S/C67H39N7O2/c1-4-14-41(15-5-1)52-39-53(69-66(68-52)73-34-32-50-60-46(20-12-23-54(60)73)37-58-62(50)48-22-10-11-25-56(48)75-58)42-28-26-40(27-29-42)45-30-31-49-57(36-45)76-59-38-47-21-13-24-55-61(47)51(63(49)59)33-35-74(55)67-71-64(43-16-6-2-7-17-43)70-65(72-67)44-18-8-3-9-19-44/h1-39H. The van der Waals surface area contributed by atoms with Crippen LogP contribution < -0.4 is 9.80 Å². The van der Waals surface area contributed by atoms with Crippen molar-refractivity contribution in [3.8, 4) is 56.4 Å². The van der Waals surface area contributed by atoms with E-state index in [2.05, 4.69) is 156 Å². The molecule has 16 rings (SSSR count). The van der Waals surface area contributed by atoms with Crippen LogP contribution in [0.25, 0.3) is 134 Å². The molecule has 6 heterocycles. The number of fused-ring (bicyclic) bond motifs is 8. The molecule has 0 fully saturated rings. The normalized spacial score (nSPS) is 12.8. The Kier molecular flexibility index (Phi) is 9.13. The molecular weight excluding hydrogens is 935 g/mol. The molecule has 0 N–H and O–H groups in total. The molecule has 0 unspecified atom stereocenters. The van der Waals surface area contributed by atoms with E-state index in [9.17, 15) is 0 Å². The highest BCUT2D eigenvalue weighted by Crippen LogP contribution is 2.47. The van der Waals surface area contributed by atoms with E-state index in [-0.39, 0.29) is 0 Å². The van der Waals surface area contributed by atoms with E-state index < -0.39 is 0 Å². The lowest BCUT2D eigenvalue weighted by Gasteiger charge is -2.26. The van der Waals surface area contributed by atoms with Gasteiger partial charge in [-0.25, -0.2) is 15.0 Å². The number of rotatable bonds is 7. The lowest BCUT2D eigenvalue weighted by Crippen LogP contribution is -2.16. The second kappa shape index (κ2) is 16.5. The molecule has 14 aromatic rings. The molecule has 0 saturated carbocycles. The molecule has 0 amide bonds. The van der Waals surface area contributed by atoms with Crippen LogP contribution in [-0.2, 0) is 0 Å². The van der Waals surface area contributed by atoms with Crippen LogP contribution >= 0.6 is 0 Å². The van der Waals surface area contributed by atoms with Gasteiger partial charge in [0.2, 0.25) is 11.9 Å². The SMILES string of the molecule is C1=CN(c2nc(-c3ccccc3)cc(-c3ccc(-c4ccc5c(c4)oc4cc6cccc7c6c(c45)C=CN7c4nc(-c5ccccc5)nc(-c5ccccc5)n4)cc3)n2)c2cccc3cc4oc5ccccc5c4c1c23. The molecule has 10 aromatic carbocycles. The van der Waals surface area contributed by atoms with Gasteiger partial charge in [-0.3, -0.25) is 9.80 Å². The number of para-hydroxylation sites is 1. The van der Waals surface area contributed by atoms with Crippen molar-refractivity contribution in [3.05, 3.63) is 236 Å². The molecule has 2 aliphatic rings. The molecule has 0 saturated heterocycles. The summed E-state index contributed by atoms with van der Waals surface area (Å²) in [5.41, 5.74) is 15.2. The molecule has 0 radical (unpaired) electrons. The predicted octanol–water partition coefficient (Wildman–Crippen LogP) is 17.3. The van der Waals surface area contributed by atoms with Gasteiger partial charge in [0.25, 0.3) is 0 Å². The summed E-state index contributed by atoms with van der Waals surface area (Å²) in [5.74, 6) is 2.35. The van der Waals surface area contributed by atoms with Crippen molar-refractivity contribution in [3.63, 3.8) is 0 Å². The van der Waals surface area contributed by atoms with Gasteiger partial charge in [0, 0.05) is 67.0 Å². The van der Waals surface area contributed by atoms with Crippen molar-refractivity contribution < 1.29 is 8.83 Å². The highest BCUT2D eigenvalue weighted by Gasteiger charge is 2.27. The maximum atomic E-state index is 6.76. The number of hydrogen-bond donors (Lipinski definition) is 0. The first-order chi connectivity index (χ1) is 37.6. The quantitative estimate of drug-likeness (QED) is 0.155. The Bertz CT molecular complexity index is 4700. The van der Waals surface area contributed by atoms with Gasteiger partial charge < -0.3 is 8.83 Å².